The molecule has 3 aromatic rings. The van der Waals surface area contributed by atoms with Crippen LogP contribution in [0, 0.1) is 6.92 Å². The third kappa shape index (κ3) is 4.72. The number of aromatic nitrogens is 3. The maximum Gasteiger partial charge on any atom is 0.275 e. The van der Waals surface area contributed by atoms with Crippen LogP contribution in [0.4, 0.5) is 0 Å². The summed E-state index contributed by atoms with van der Waals surface area (Å²) in [4.78, 5) is 18.4. The van der Waals surface area contributed by atoms with Gasteiger partial charge in [0.25, 0.3) is 5.56 Å². The molecule has 0 bridgehead atoms. The zero-order chi connectivity index (χ0) is 26.0. The van der Waals surface area contributed by atoms with Crippen molar-refractivity contribution in [2.24, 2.45) is 0 Å². The van der Waals surface area contributed by atoms with Crippen LogP contribution in [0.2, 0.25) is 0 Å². The van der Waals surface area contributed by atoms with Gasteiger partial charge in [-0.1, -0.05) is 32.9 Å². The molecule has 1 N–H and O–H groups in total. The molecule has 0 amide bonds. The summed E-state index contributed by atoms with van der Waals surface area (Å²) < 4.78 is 36.1. The van der Waals surface area contributed by atoms with Crippen molar-refractivity contribution in [2.45, 2.75) is 44.9 Å². The molecule has 0 aliphatic carbocycles. The maximum absolute atomic E-state index is 13.5. The second-order valence-corrected chi connectivity index (χ2v) is 11.2. The standard InChI is InChI=1S/C26H35N5O4S/c1-6-9-22-20(8-3)18(4)24-26(32)27-25(28-31(22)24)21-17-19(10-11-23(21)35-16-7-2)36(33,34)30-14-12-29(5)13-15-30/h8,10-11,17H,3,6-7,9,12-16H2,1-2,4-5H3,(H,27,28,32). The smallest absolute Gasteiger partial charge is 0.275 e. The molecule has 2 aromatic heterocycles. The molecule has 9 nitrogen and oxygen atoms in total. The first-order chi connectivity index (χ1) is 17.2. The first-order valence-corrected chi connectivity index (χ1v) is 13.9. The number of H-pyrrole nitrogens is 1. The lowest BCUT2D eigenvalue weighted by molar-refractivity contribution is 0.222. The Morgan fingerprint density at radius 1 is 1.17 bits per heavy atom. The lowest BCUT2D eigenvalue weighted by atomic mass is 10.1. The summed E-state index contributed by atoms with van der Waals surface area (Å²) in [6.07, 6.45) is 4.14. The maximum atomic E-state index is 13.5. The molecule has 1 aromatic carbocycles. The Labute approximate surface area is 212 Å². The van der Waals surface area contributed by atoms with Crippen LogP contribution >= 0.6 is 0 Å². The van der Waals surface area contributed by atoms with Gasteiger partial charge in [0.15, 0.2) is 5.82 Å². The van der Waals surface area contributed by atoms with E-state index >= 15 is 0 Å². The van der Waals surface area contributed by atoms with Gasteiger partial charge in [0.2, 0.25) is 10.0 Å². The Hall–Kier alpha value is -2.95. The number of hydrogen-bond donors (Lipinski definition) is 1. The number of ether oxygens (including phenoxy) is 1. The van der Waals surface area contributed by atoms with Gasteiger partial charge in [-0.25, -0.2) is 12.9 Å². The van der Waals surface area contributed by atoms with Crippen LogP contribution in [0.25, 0.3) is 23.0 Å². The van der Waals surface area contributed by atoms with Gasteiger partial charge in [0.05, 0.1) is 22.8 Å². The van der Waals surface area contributed by atoms with Crippen molar-refractivity contribution >= 4 is 21.6 Å². The number of piperazine rings is 1. The second kappa shape index (κ2) is 10.6. The molecular weight excluding hydrogens is 478 g/mol. The number of fused-ring (bicyclic) bond motifs is 1. The van der Waals surface area contributed by atoms with Crippen molar-refractivity contribution in [3.05, 3.63) is 52.0 Å². The molecule has 4 rings (SSSR count). The van der Waals surface area contributed by atoms with E-state index in [-0.39, 0.29) is 16.3 Å². The van der Waals surface area contributed by atoms with Crippen molar-refractivity contribution in [3.63, 3.8) is 0 Å². The van der Waals surface area contributed by atoms with Crippen molar-refractivity contribution in [3.8, 4) is 17.1 Å². The Morgan fingerprint density at radius 3 is 2.53 bits per heavy atom. The third-order valence-corrected chi connectivity index (χ3v) is 8.54. The van der Waals surface area contributed by atoms with Gasteiger partial charge in [-0.15, -0.1) is 5.10 Å². The van der Waals surface area contributed by atoms with E-state index in [2.05, 4.69) is 23.4 Å². The fourth-order valence-electron chi connectivity index (χ4n) is 4.66. The van der Waals surface area contributed by atoms with Gasteiger partial charge >= 0.3 is 0 Å². The van der Waals surface area contributed by atoms with Gasteiger partial charge in [-0.3, -0.25) is 4.79 Å². The van der Waals surface area contributed by atoms with E-state index in [1.165, 1.54) is 4.31 Å². The fraction of sp³-hybridized carbons (Fsp3) is 0.462. The minimum absolute atomic E-state index is 0.151. The average Bonchev–Trinajstić information content (AvgIpc) is 3.13. The van der Waals surface area contributed by atoms with Gasteiger partial charge < -0.3 is 14.6 Å². The Kier molecular flexibility index (Phi) is 7.67. The Bertz CT molecular complexity index is 1430. The van der Waals surface area contributed by atoms with Crippen molar-refractivity contribution < 1.29 is 13.2 Å². The zero-order valence-electron chi connectivity index (χ0n) is 21.5. The number of aromatic amines is 1. The summed E-state index contributed by atoms with van der Waals surface area (Å²) in [5.74, 6) is 0.735. The molecule has 194 valence electrons. The first-order valence-electron chi connectivity index (χ1n) is 12.5. The predicted molar refractivity (Wildman–Crippen MR) is 142 cm³/mol. The number of benzene rings is 1. The largest absolute Gasteiger partial charge is 0.493 e. The lowest BCUT2D eigenvalue weighted by Crippen LogP contribution is -2.47. The number of nitrogens with zero attached hydrogens (tertiary/aromatic N) is 4. The zero-order valence-corrected chi connectivity index (χ0v) is 22.3. The Morgan fingerprint density at radius 2 is 1.89 bits per heavy atom. The van der Waals surface area contributed by atoms with E-state index in [4.69, 9.17) is 9.84 Å². The van der Waals surface area contributed by atoms with Crippen LogP contribution < -0.4 is 10.3 Å². The molecule has 36 heavy (non-hydrogen) atoms. The minimum Gasteiger partial charge on any atom is -0.493 e. The van der Waals surface area contributed by atoms with Crippen LogP contribution in [0.15, 0.2) is 34.5 Å². The van der Waals surface area contributed by atoms with Crippen LogP contribution in [0.5, 0.6) is 5.75 Å². The van der Waals surface area contributed by atoms with E-state index in [0.717, 1.165) is 36.1 Å². The van der Waals surface area contributed by atoms with Gasteiger partial charge in [-0.05, 0) is 50.6 Å². The van der Waals surface area contributed by atoms with Gasteiger partial charge in [0, 0.05) is 31.7 Å². The highest BCUT2D eigenvalue weighted by molar-refractivity contribution is 7.89. The van der Waals surface area contributed by atoms with Crippen molar-refractivity contribution in [2.75, 3.05) is 39.8 Å². The van der Waals surface area contributed by atoms with Gasteiger partial charge in [-0.2, -0.15) is 4.31 Å². The molecule has 10 heteroatoms. The third-order valence-electron chi connectivity index (χ3n) is 6.64. The first kappa shape index (κ1) is 26.1. The monoisotopic (exact) mass is 513 g/mol. The predicted octanol–water partition coefficient (Wildman–Crippen LogP) is 3.32. The van der Waals surface area contributed by atoms with Crippen LogP contribution in [-0.4, -0.2) is 72.1 Å². The molecule has 3 heterocycles. The minimum atomic E-state index is -3.72. The molecule has 0 unspecified atom stereocenters. The summed E-state index contributed by atoms with van der Waals surface area (Å²) in [6.45, 7) is 12.5. The Balaban J connectivity index is 1.90. The molecule has 0 radical (unpaired) electrons. The number of nitrogens with one attached hydrogen (secondary N) is 1. The molecule has 0 spiro atoms. The van der Waals surface area contributed by atoms with Crippen LogP contribution in [0.1, 0.15) is 43.5 Å². The number of aryl methyl sites for hydroxylation is 2. The van der Waals surface area contributed by atoms with Crippen molar-refractivity contribution in [1.29, 1.82) is 0 Å². The summed E-state index contributed by atoms with van der Waals surface area (Å²) in [7, 11) is -1.74. The molecule has 1 aliphatic heterocycles. The molecule has 0 atom stereocenters. The van der Waals surface area contributed by atoms with E-state index in [0.29, 0.717) is 49.6 Å². The molecular formula is C26H35N5O4S. The molecule has 1 fully saturated rings. The lowest BCUT2D eigenvalue weighted by Gasteiger charge is -2.31. The highest BCUT2D eigenvalue weighted by Crippen LogP contribution is 2.32. The number of rotatable bonds is 9. The highest BCUT2D eigenvalue weighted by atomic mass is 32.2. The summed E-state index contributed by atoms with van der Waals surface area (Å²) in [5.41, 5.74) is 3.24. The molecule has 0 saturated carbocycles. The van der Waals surface area contributed by atoms with Crippen molar-refractivity contribution in [1.82, 2.24) is 23.8 Å². The normalized spacial score (nSPS) is 15.4. The van der Waals surface area contributed by atoms with Crippen LogP contribution in [-0.2, 0) is 16.4 Å². The average molecular weight is 514 g/mol. The number of likely N-dealkylation sites (N-methyl/N-ethyl adjacent to an activating group) is 1. The van der Waals surface area contributed by atoms with E-state index in [1.54, 1.807) is 28.8 Å². The van der Waals surface area contributed by atoms with E-state index in [1.807, 2.05) is 20.9 Å². The fourth-order valence-corrected chi connectivity index (χ4v) is 6.11. The molecule has 1 aliphatic rings. The topological polar surface area (TPSA) is 100 Å². The number of hydrogen-bond acceptors (Lipinski definition) is 6. The quantitative estimate of drug-likeness (QED) is 0.471. The summed E-state index contributed by atoms with van der Waals surface area (Å²) in [5, 5.41) is 4.79. The number of sulfonamides is 1. The second-order valence-electron chi connectivity index (χ2n) is 9.22. The van der Waals surface area contributed by atoms with E-state index < -0.39 is 10.0 Å². The summed E-state index contributed by atoms with van der Waals surface area (Å²) in [6, 6.07) is 4.78. The molecule has 1 saturated heterocycles. The SMILES string of the molecule is C=Cc1c(C)c2c(=O)[nH]c(-c3cc(S(=O)(=O)N4CCN(C)CC4)ccc3OCCC)nn2c1CCC. The highest BCUT2D eigenvalue weighted by Gasteiger charge is 2.29. The van der Waals surface area contributed by atoms with Crippen LogP contribution in [0.3, 0.4) is 0 Å². The van der Waals surface area contributed by atoms with Gasteiger partial charge in [0.1, 0.15) is 11.3 Å². The van der Waals surface area contributed by atoms with E-state index in [9.17, 15) is 13.2 Å². The summed E-state index contributed by atoms with van der Waals surface area (Å²) >= 11 is 0.